The van der Waals surface area contributed by atoms with Crippen molar-refractivity contribution < 1.29 is 24.3 Å². The molecule has 2 atom stereocenters. The highest BCUT2D eigenvalue weighted by atomic mass is 32.2. The van der Waals surface area contributed by atoms with Crippen molar-refractivity contribution in [3.63, 3.8) is 0 Å². The van der Waals surface area contributed by atoms with Crippen molar-refractivity contribution in [3.05, 3.63) is 47.4 Å². The fourth-order valence-corrected chi connectivity index (χ4v) is 6.35. The monoisotopic (exact) mass is 500 g/mol. The molecule has 1 aromatic heterocycles. The quantitative estimate of drug-likeness (QED) is 0.313. The second kappa shape index (κ2) is 9.46. The Morgan fingerprint density at radius 1 is 1.26 bits per heavy atom. The second-order valence-electron chi connectivity index (χ2n) is 8.72. The van der Waals surface area contributed by atoms with Gasteiger partial charge in [-0.2, -0.15) is 0 Å². The number of carboxylic acids is 1. The van der Waals surface area contributed by atoms with Gasteiger partial charge in [0, 0.05) is 41.7 Å². The number of carboxylic acid groups (broad SMARTS) is 1. The summed E-state index contributed by atoms with van der Waals surface area (Å²) in [6, 6.07) is 2.83. The minimum absolute atomic E-state index is 0.0389. The van der Waals surface area contributed by atoms with E-state index in [0.717, 1.165) is 24.3 Å². The highest BCUT2D eigenvalue weighted by Gasteiger charge is 2.54. The van der Waals surface area contributed by atoms with E-state index < -0.39 is 23.3 Å². The number of pyridine rings is 1. The van der Waals surface area contributed by atoms with Crippen LogP contribution in [0.2, 0.25) is 0 Å². The van der Waals surface area contributed by atoms with Crippen LogP contribution >= 0.6 is 23.5 Å². The third-order valence-corrected chi connectivity index (χ3v) is 8.59. The lowest BCUT2D eigenvalue weighted by Crippen LogP contribution is -2.70. The number of hydrogen-bond donors (Lipinski definition) is 2. The molecule has 3 amide bonds. The molecule has 0 radical (unpaired) electrons. The van der Waals surface area contributed by atoms with Gasteiger partial charge in [-0.25, -0.2) is 4.79 Å². The van der Waals surface area contributed by atoms with Crippen molar-refractivity contribution in [3.8, 4) is 0 Å². The van der Waals surface area contributed by atoms with Crippen LogP contribution in [0.5, 0.6) is 0 Å². The number of β-lactam (4-membered cyclic amide) rings is 1. The first-order valence-corrected chi connectivity index (χ1v) is 13.2. The third kappa shape index (κ3) is 4.58. The van der Waals surface area contributed by atoms with Gasteiger partial charge in [0.05, 0.1) is 5.75 Å². The van der Waals surface area contributed by atoms with Crippen molar-refractivity contribution >= 4 is 47.2 Å². The Morgan fingerprint density at radius 2 is 2.03 bits per heavy atom. The fourth-order valence-electron chi connectivity index (χ4n) is 4.35. The largest absolute Gasteiger partial charge is 0.477 e. The summed E-state index contributed by atoms with van der Waals surface area (Å²) < 4.78 is 0. The molecule has 9 nitrogen and oxygen atoms in total. The molecular formula is C23H24N4O5S2. The van der Waals surface area contributed by atoms with Crippen LogP contribution in [0.15, 0.2) is 52.3 Å². The molecule has 1 aromatic rings. The number of likely N-dealkylation sites (tertiary alicyclic amines) is 1. The van der Waals surface area contributed by atoms with Gasteiger partial charge in [0.1, 0.15) is 17.1 Å². The van der Waals surface area contributed by atoms with Crippen molar-refractivity contribution in [1.82, 2.24) is 20.1 Å². The van der Waals surface area contributed by atoms with Crippen LogP contribution in [-0.2, 0) is 19.2 Å². The van der Waals surface area contributed by atoms with Crippen LogP contribution in [0, 0.1) is 5.92 Å². The van der Waals surface area contributed by atoms with Gasteiger partial charge in [-0.05, 0) is 49.0 Å². The van der Waals surface area contributed by atoms with Gasteiger partial charge in [-0.15, -0.1) is 23.5 Å². The first-order chi connectivity index (χ1) is 16.4. The Morgan fingerprint density at radius 3 is 2.74 bits per heavy atom. The topological polar surface area (TPSA) is 120 Å². The fraction of sp³-hybridized carbons (Fsp3) is 0.435. The first kappa shape index (κ1) is 23.0. The number of aliphatic carboxylic acids is 1. The minimum atomic E-state index is -1.20. The Kier molecular flexibility index (Phi) is 6.39. The molecular weight excluding hydrogens is 476 g/mol. The number of allylic oxidation sites excluding steroid dienone is 1. The van der Waals surface area contributed by atoms with Crippen molar-refractivity contribution in [2.45, 2.75) is 35.6 Å². The number of amides is 3. The van der Waals surface area contributed by atoms with Crippen molar-refractivity contribution in [1.29, 1.82) is 0 Å². The standard InChI is InChI=1S/C23H24N4O5S2/c28-17(12-33-16-3-6-24-7-4-16)25-18-21(30)27-19(23(31)32)15(11-34-22(18)27)9-14-5-8-26(20(14)29)10-13-1-2-13/h3-4,6-7,9,13,18,22H,1-2,5,8,10-12H2,(H,25,28)(H,31,32)/b14-9+. The Balaban J connectivity index is 1.25. The molecule has 3 fully saturated rings. The van der Waals surface area contributed by atoms with E-state index in [0.29, 0.717) is 35.8 Å². The zero-order valence-corrected chi connectivity index (χ0v) is 19.9. The molecule has 3 aliphatic heterocycles. The molecule has 4 heterocycles. The average Bonchev–Trinajstić information content (AvgIpc) is 3.60. The maximum atomic E-state index is 12.8. The third-order valence-electron chi connectivity index (χ3n) is 6.27. The van der Waals surface area contributed by atoms with E-state index in [1.54, 1.807) is 30.6 Å². The zero-order chi connectivity index (χ0) is 23.8. The molecule has 5 rings (SSSR count). The number of thioether (sulfide) groups is 2. The molecule has 1 aliphatic carbocycles. The lowest BCUT2D eigenvalue weighted by Gasteiger charge is -2.49. The van der Waals surface area contributed by atoms with Gasteiger partial charge < -0.3 is 15.3 Å². The predicted octanol–water partition coefficient (Wildman–Crippen LogP) is 1.48. The molecule has 34 heavy (non-hydrogen) atoms. The molecule has 0 bridgehead atoms. The summed E-state index contributed by atoms with van der Waals surface area (Å²) in [6.45, 7) is 1.42. The van der Waals surface area contributed by atoms with Gasteiger partial charge in [-0.3, -0.25) is 24.3 Å². The summed E-state index contributed by atoms with van der Waals surface area (Å²) >= 11 is 2.74. The van der Waals surface area contributed by atoms with E-state index in [1.165, 1.54) is 28.4 Å². The molecule has 2 unspecified atom stereocenters. The lowest BCUT2D eigenvalue weighted by molar-refractivity contribution is -0.150. The van der Waals surface area contributed by atoms with E-state index in [1.807, 2.05) is 4.90 Å². The number of aromatic nitrogens is 1. The van der Waals surface area contributed by atoms with E-state index in [2.05, 4.69) is 10.3 Å². The maximum Gasteiger partial charge on any atom is 0.352 e. The van der Waals surface area contributed by atoms with Gasteiger partial charge in [0.25, 0.3) is 5.91 Å². The minimum Gasteiger partial charge on any atom is -0.477 e. The predicted molar refractivity (Wildman–Crippen MR) is 127 cm³/mol. The highest BCUT2D eigenvalue weighted by molar-refractivity contribution is 8.00. The molecule has 11 heteroatoms. The Bertz CT molecular complexity index is 1100. The molecule has 0 spiro atoms. The molecule has 2 N–H and O–H groups in total. The normalized spacial score (nSPS) is 25.5. The maximum absolute atomic E-state index is 12.8. The molecule has 4 aliphatic rings. The lowest BCUT2D eigenvalue weighted by atomic mass is 10.0. The summed E-state index contributed by atoms with van der Waals surface area (Å²) in [6.07, 6.45) is 7.84. The number of fused-ring (bicyclic) bond motifs is 1. The highest BCUT2D eigenvalue weighted by Crippen LogP contribution is 2.41. The van der Waals surface area contributed by atoms with Crippen molar-refractivity contribution in [2.75, 3.05) is 24.6 Å². The van der Waals surface area contributed by atoms with Gasteiger partial charge in [0.2, 0.25) is 11.8 Å². The van der Waals surface area contributed by atoms with E-state index in [9.17, 15) is 24.3 Å². The van der Waals surface area contributed by atoms with Crippen LogP contribution < -0.4 is 5.32 Å². The SMILES string of the molecule is O=C(CSc1ccncc1)NC1C(=O)N2C(C(=O)O)=C(/C=C3\CCN(CC4CC4)C3=O)CSC12. The van der Waals surface area contributed by atoms with Crippen LogP contribution in [0.1, 0.15) is 19.3 Å². The summed E-state index contributed by atoms with van der Waals surface area (Å²) in [5.74, 6) is -0.886. The van der Waals surface area contributed by atoms with E-state index in [4.69, 9.17) is 0 Å². The van der Waals surface area contributed by atoms with Gasteiger partial charge in [-0.1, -0.05) is 0 Å². The summed E-state index contributed by atoms with van der Waals surface area (Å²) in [5, 5.41) is 12.1. The first-order valence-electron chi connectivity index (χ1n) is 11.2. The van der Waals surface area contributed by atoms with Gasteiger partial charge >= 0.3 is 5.97 Å². The molecule has 178 valence electrons. The molecule has 2 saturated heterocycles. The number of rotatable bonds is 8. The number of carbonyl (C=O) groups excluding carboxylic acids is 3. The van der Waals surface area contributed by atoms with Crippen LogP contribution in [0.3, 0.4) is 0 Å². The number of nitrogens with zero attached hydrogens (tertiary/aromatic N) is 3. The Hall–Kier alpha value is -2.79. The number of nitrogens with one attached hydrogen (secondary N) is 1. The number of hydrogen-bond acceptors (Lipinski definition) is 7. The average molecular weight is 501 g/mol. The molecule has 1 saturated carbocycles. The van der Waals surface area contributed by atoms with Crippen LogP contribution in [0.4, 0.5) is 0 Å². The smallest absolute Gasteiger partial charge is 0.352 e. The van der Waals surface area contributed by atoms with Crippen LogP contribution in [-0.4, -0.2) is 79.6 Å². The summed E-state index contributed by atoms with van der Waals surface area (Å²) in [4.78, 5) is 57.9. The van der Waals surface area contributed by atoms with E-state index >= 15 is 0 Å². The number of carbonyl (C=O) groups is 4. The van der Waals surface area contributed by atoms with Crippen LogP contribution in [0.25, 0.3) is 0 Å². The van der Waals surface area contributed by atoms with E-state index in [-0.39, 0.29) is 23.3 Å². The summed E-state index contributed by atoms with van der Waals surface area (Å²) in [5.41, 5.74) is 0.975. The Labute approximate surface area is 205 Å². The van der Waals surface area contributed by atoms with Gasteiger partial charge in [0.15, 0.2) is 0 Å². The summed E-state index contributed by atoms with van der Waals surface area (Å²) in [7, 11) is 0. The zero-order valence-electron chi connectivity index (χ0n) is 18.3. The van der Waals surface area contributed by atoms with Crippen molar-refractivity contribution in [2.24, 2.45) is 5.92 Å². The second-order valence-corrected chi connectivity index (χ2v) is 10.9. The molecule has 0 aromatic carbocycles.